The summed E-state index contributed by atoms with van der Waals surface area (Å²) in [5.41, 5.74) is 3.50. The van der Waals surface area contributed by atoms with Crippen LogP contribution in [0.25, 0.3) is 0 Å². The molecule has 0 aromatic heterocycles. The summed E-state index contributed by atoms with van der Waals surface area (Å²) in [6.45, 7) is 6.78. The predicted octanol–water partition coefficient (Wildman–Crippen LogP) is 2.32. The van der Waals surface area contributed by atoms with Crippen LogP contribution in [-0.4, -0.2) is 5.91 Å². The number of nitrogens with one attached hydrogen (secondary N) is 1. The minimum Gasteiger partial charge on any atom is -0.289 e. The van der Waals surface area contributed by atoms with E-state index < -0.39 is 0 Å². The van der Waals surface area contributed by atoms with Gasteiger partial charge in [-0.05, 0) is 41.6 Å². The third-order valence-electron chi connectivity index (χ3n) is 5.15. The topological polar surface area (TPSA) is 55.1 Å². The Bertz CT molecular complexity index is 375. The number of carbonyl (C=O) groups is 1. The van der Waals surface area contributed by atoms with Crippen molar-refractivity contribution >= 4 is 17.5 Å². The lowest BCUT2D eigenvalue weighted by Crippen LogP contribution is -2.33. The van der Waals surface area contributed by atoms with Gasteiger partial charge in [0.05, 0.1) is 0 Å². The van der Waals surface area contributed by atoms with Crippen molar-refractivity contribution in [3.63, 3.8) is 0 Å². The minimum absolute atomic E-state index is 0.0568. The van der Waals surface area contributed by atoms with Gasteiger partial charge in [0.1, 0.15) is 5.03 Å². The molecule has 16 heavy (non-hydrogen) atoms. The molecule has 2 bridgehead atoms. The van der Waals surface area contributed by atoms with Crippen molar-refractivity contribution in [1.82, 2.24) is 5.43 Å². The number of fused-ring (bicyclic) bond motifs is 2. The first-order valence-corrected chi connectivity index (χ1v) is 6.12. The third-order valence-corrected chi connectivity index (χ3v) is 5.55. The van der Waals surface area contributed by atoms with E-state index >= 15 is 0 Å². The van der Waals surface area contributed by atoms with E-state index in [1.165, 1.54) is 6.42 Å². The van der Waals surface area contributed by atoms with Crippen LogP contribution in [0.1, 0.15) is 40.0 Å². The maximum Gasteiger partial charge on any atom is 0.276 e. The molecule has 4 heteroatoms. The summed E-state index contributed by atoms with van der Waals surface area (Å²) in [4.78, 5) is 11.5. The van der Waals surface area contributed by atoms with Gasteiger partial charge in [0, 0.05) is 0 Å². The number of carbonyl (C=O) groups excluding carboxylic acids is 1. The second-order valence-corrected chi connectivity index (χ2v) is 6.14. The fourth-order valence-corrected chi connectivity index (χ4v) is 3.84. The van der Waals surface area contributed by atoms with E-state index in [0.29, 0.717) is 11.0 Å². The molecule has 2 fully saturated rings. The summed E-state index contributed by atoms with van der Waals surface area (Å²) in [5.74, 6) is 5.42. The van der Waals surface area contributed by atoms with Crippen molar-refractivity contribution in [2.75, 3.05) is 0 Å². The first kappa shape index (κ1) is 11.9. The van der Waals surface area contributed by atoms with Crippen LogP contribution >= 0.6 is 11.6 Å². The molecule has 0 radical (unpaired) electrons. The molecule has 0 aromatic carbocycles. The number of nitrogens with two attached hydrogens (primary N) is 1. The summed E-state index contributed by atoms with van der Waals surface area (Å²) >= 11 is 6.14. The molecule has 2 atom stereocenters. The van der Waals surface area contributed by atoms with Crippen molar-refractivity contribution in [3.8, 4) is 0 Å². The molecule has 0 saturated heterocycles. The molecule has 2 unspecified atom stereocenters. The van der Waals surface area contributed by atoms with Crippen molar-refractivity contribution < 1.29 is 4.79 Å². The molecule has 0 aliphatic heterocycles. The fraction of sp³-hybridized carbons (Fsp3) is 0.750. The van der Waals surface area contributed by atoms with Crippen LogP contribution in [-0.2, 0) is 4.79 Å². The van der Waals surface area contributed by atoms with E-state index in [1.807, 2.05) is 0 Å². The molecule has 0 spiro atoms. The quantitative estimate of drug-likeness (QED) is 0.321. The van der Waals surface area contributed by atoms with Crippen LogP contribution in [0.5, 0.6) is 0 Å². The summed E-state index contributed by atoms with van der Waals surface area (Å²) in [6.07, 6.45) is 3.30. The number of hydrogen-bond acceptors (Lipinski definition) is 2. The van der Waals surface area contributed by atoms with Crippen molar-refractivity contribution in [2.45, 2.75) is 40.0 Å². The first-order chi connectivity index (χ1) is 7.34. The Morgan fingerprint density at radius 3 is 2.50 bits per heavy atom. The average molecular weight is 243 g/mol. The fourth-order valence-electron chi connectivity index (χ4n) is 3.50. The Balaban J connectivity index is 2.45. The minimum atomic E-state index is -0.360. The number of allylic oxidation sites excluding steroid dienone is 1. The summed E-state index contributed by atoms with van der Waals surface area (Å²) in [5, 5.41) is 0.306. The molecular formula is C12H19ClN2O. The van der Waals surface area contributed by atoms with E-state index in [9.17, 15) is 4.79 Å². The molecule has 3 N–H and O–H groups in total. The average Bonchev–Trinajstić information content (AvgIpc) is 2.58. The lowest BCUT2D eigenvalue weighted by molar-refractivity contribution is -0.117. The van der Waals surface area contributed by atoms with Gasteiger partial charge in [-0.15, -0.1) is 0 Å². The van der Waals surface area contributed by atoms with Gasteiger partial charge in [-0.2, -0.15) is 0 Å². The van der Waals surface area contributed by atoms with E-state index in [4.69, 9.17) is 17.4 Å². The van der Waals surface area contributed by atoms with E-state index in [2.05, 4.69) is 26.2 Å². The summed E-state index contributed by atoms with van der Waals surface area (Å²) < 4.78 is 0. The largest absolute Gasteiger partial charge is 0.289 e. The van der Waals surface area contributed by atoms with Gasteiger partial charge in [-0.25, -0.2) is 5.84 Å². The van der Waals surface area contributed by atoms with Gasteiger partial charge >= 0.3 is 0 Å². The van der Waals surface area contributed by atoms with Crippen LogP contribution in [0.2, 0.25) is 0 Å². The van der Waals surface area contributed by atoms with Gasteiger partial charge in [0.15, 0.2) is 0 Å². The first-order valence-electron chi connectivity index (χ1n) is 5.74. The lowest BCUT2D eigenvalue weighted by atomic mass is 9.69. The zero-order chi connectivity index (χ0) is 12.1. The zero-order valence-corrected chi connectivity index (χ0v) is 10.8. The molecule has 90 valence electrons. The van der Waals surface area contributed by atoms with Crippen molar-refractivity contribution in [3.05, 3.63) is 10.6 Å². The van der Waals surface area contributed by atoms with E-state index in [1.54, 1.807) is 0 Å². The predicted molar refractivity (Wildman–Crippen MR) is 64.4 cm³/mol. The highest BCUT2D eigenvalue weighted by atomic mass is 35.5. The van der Waals surface area contributed by atoms with Crippen LogP contribution in [0, 0.1) is 16.7 Å². The Labute approximate surface area is 101 Å². The second kappa shape index (κ2) is 3.47. The second-order valence-electron chi connectivity index (χ2n) is 5.76. The van der Waals surface area contributed by atoms with Gasteiger partial charge in [0.2, 0.25) is 0 Å². The maximum absolute atomic E-state index is 11.5. The molecular weight excluding hydrogens is 224 g/mol. The Kier molecular flexibility index (Phi) is 2.59. The molecule has 2 aliphatic rings. The number of hydrazine groups is 1. The molecule has 0 aromatic rings. The smallest absolute Gasteiger partial charge is 0.276 e. The van der Waals surface area contributed by atoms with E-state index in [-0.39, 0.29) is 16.7 Å². The normalized spacial score (nSPS) is 38.7. The number of amides is 1. The molecule has 3 nitrogen and oxygen atoms in total. The Morgan fingerprint density at radius 1 is 1.50 bits per heavy atom. The van der Waals surface area contributed by atoms with Crippen molar-refractivity contribution in [1.29, 1.82) is 0 Å². The van der Waals surface area contributed by atoms with Crippen LogP contribution in [0.3, 0.4) is 0 Å². The van der Waals surface area contributed by atoms with E-state index in [0.717, 1.165) is 18.4 Å². The van der Waals surface area contributed by atoms with Gasteiger partial charge < -0.3 is 0 Å². The van der Waals surface area contributed by atoms with Crippen LogP contribution in [0.15, 0.2) is 10.6 Å². The van der Waals surface area contributed by atoms with Crippen LogP contribution in [0.4, 0.5) is 0 Å². The Hall–Kier alpha value is -0.540. The SMILES string of the molecule is CC12CCC(C/C1=C(/Cl)C(=O)NN)C2(C)C. The molecule has 2 aliphatic carbocycles. The third kappa shape index (κ3) is 1.28. The Morgan fingerprint density at radius 2 is 2.12 bits per heavy atom. The zero-order valence-electron chi connectivity index (χ0n) is 10.1. The highest BCUT2D eigenvalue weighted by Gasteiger charge is 2.59. The number of rotatable bonds is 1. The molecule has 0 heterocycles. The monoisotopic (exact) mass is 242 g/mol. The number of halogens is 1. The summed E-state index contributed by atoms with van der Waals surface area (Å²) in [7, 11) is 0. The lowest BCUT2D eigenvalue weighted by Gasteiger charge is -2.36. The van der Waals surface area contributed by atoms with Gasteiger partial charge in [-0.3, -0.25) is 10.2 Å². The van der Waals surface area contributed by atoms with Gasteiger partial charge in [0.25, 0.3) is 5.91 Å². The maximum atomic E-state index is 11.5. The number of hydrogen-bond donors (Lipinski definition) is 2. The molecule has 2 saturated carbocycles. The standard InChI is InChI=1S/C12H19ClN2O/c1-11(2)7-4-5-12(11,3)8(6-7)9(13)10(16)15-14/h7H,4-6,14H2,1-3H3,(H,15,16)/b9-8-. The van der Waals surface area contributed by atoms with Gasteiger partial charge in [-0.1, -0.05) is 32.4 Å². The highest BCUT2D eigenvalue weighted by Crippen LogP contribution is 2.68. The van der Waals surface area contributed by atoms with Crippen molar-refractivity contribution in [2.24, 2.45) is 22.6 Å². The summed E-state index contributed by atoms with van der Waals surface area (Å²) in [6, 6.07) is 0. The molecule has 2 rings (SSSR count). The highest BCUT2D eigenvalue weighted by molar-refractivity contribution is 6.42. The molecule has 1 amide bonds. The van der Waals surface area contributed by atoms with Crippen LogP contribution < -0.4 is 11.3 Å².